The van der Waals surface area contributed by atoms with Crippen LogP contribution in [0.15, 0.2) is 0 Å². The van der Waals surface area contributed by atoms with Crippen molar-refractivity contribution in [3.05, 3.63) is 0 Å². The minimum absolute atomic E-state index is 0. The second kappa shape index (κ2) is 16.9. The maximum absolute atomic E-state index is 0. The van der Waals surface area contributed by atoms with Crippen LogP contribution in [0.1, 0.15) is 0 Å². The summed E-state index contributed by atoms with van der Waals surface area (Å²) in [6.07, 6.45) is 0. The van der Waals surface area contributed by atoms with Crippen molar-refractivity contribution in [2.75, 3.05) is 0 Å². The van der Waals surface area contributed by atoms with Crippen molar-refractivity contribution in [2.45, 2.75) is 0 Å². The van der Waals surface area contributed by atoms with Crippen molar-refractivity contribution in [3.8, 4) is 0 Å². The summed E-state index contributed by atoms with van der Waals surface area (Å²) >= 11 is 0. The molecule has 0 aromatic rings. The van der Waals surface area contributed by atoms with Gasteiger partial charge in [0, 0.05) is 55.3 Å². The quantitative estimate of drug-likeness (QED) is 0.304. The summed E-state index contributed by atoms with van der Waals surface area (Å²) in [7, 11) is 0. The smallest absolute Gasteiger partial charge is 0 e. The van der Waals surface area contributed by atoms with Crippen LogP contribution in [0.25, 0.3) is 0 Å². The van der Waals surface area contributed by atoms with E-state index in [4.69, 9.17) is 0 Å². The molecule has 0 rings (SSSR count). The molecular formula is H2ClHg2I. The summed E-state index contributed by atoms with van der Waals surface area (Å²) in [6.45, 7) is 0. The van der Waals surface area contributed by atoms with Gasteiger partial charge in [-0.15, -0.1) is 36.4 Å². The largest absolute Gasteiger partial charge is 0.147 e. The first-order chi connectivity index (χ1) is 0. The van der Waals surface area contributed by atoms with Crippen molar-refractivity contribution in [1.29, 1.82) is 0 Å². The third-order valence-electron chi connectivity index (χ3n) is 0. The first-order valence-corrected chi connectivity index (χ1v) is 0. The van der Waals surface area contributed by atoms with E-state index < -0.39 is 0 Å². The zero-order valence-electron chi connectivity index (χ0n) is 2.23. The van der Waals surface area contributed by atoms with Gasteiger partial charge in [0.15, 0.2) is 0 Å². The number of halogens is 2. The average molecular weight is 566 g/mol. The van der Waals surface area contributed by atoms with Crippen LogP contribution in [-0.4, -0.2) is 0 Å². The normalized spacial score (nSPS) is 0. The molecule has 0 radical (unpaired) electrons. The summed E-state index contributed by atoms with van der Waals surface area (Å²) < 4.78 is 0. The van der Waals surface area contributed by atoms with Crippen LogP contribution in [0, 0.1) is 0 Å². The maximum Gasteiger partial charge on any atom is 0 e. The fourth-order valence-electron chi connectivity index (χ4n) is 0. The first kappa shape index (κ1) is 28.6. The van der Waals surface area contributed by atoms with Crippen molar-refractivity contribution < 1.29 is 55.3 Å². The number of hydrogen-bond donors (Lipinski definition) is 0. The molecule has 0 aromatic carbocycles. The molecule has 0 aliphatic rings. The van der Waals surface area contributed by atoms with Crippen molar-refractivity contribution in [3.63, 3.8) is 0 Å². The summed E-state index contributed by atoms with van der Waals surface area (Å²) in [5, 5.41) is 0. The Morgan fingerprint density at radius 1 is 0.750 bits per heavy atom. The van der Waals surface area contributed by atoms with E-state index >= 15 is 0 Å². The predicted octanol–water partition coefficient (Wildman–Crippen LogP) is 1.03. The zero-order chi connectivity index (χ0) is 0. The second-order valence-corrected chi connectivity index (χ2v) is 0. The van der Waals surface area contributed by atoms with E-state index in [-0.39, 0.29) is 91.7 Å². The molecule has 0 aromatic heterocycles. The van der Waals surface area contributed by atoms with Crippen molar-refractivity contribution in [1.82, 2.24) is 0 Å². The van der Waals surface area contributed by atoms with Crippen LogP contribution in [0.2, 0.25) is 0 Å². The van der Waals surface area contributed by atoms with Gasteiger partial charge in [-0.1, -0.05) is 0 Å². The third-order valence-corrected chi connectivity index (χ3v) is 0. The van der Waals surface area contributed by atoms with E-state index in [1.165, 1.54) is 0 Å². The Balaban J connectivity index is 0. The molecule has 0 nitrogen and oxygen atoms in total. The second-order valence-electron chi connectivity index (χ2n) is 0. The van der Waals surface area contributed by atoms with Crippen LogP contribution < -0.4 is 0 Å². The van der Waals surface area contributed by atoms with Gasteiger partial charge in [-0.2, -0.15) is 0 Å². The van der Waals surface area contributed by atoms with E-state index in [2.05, 4.69) is 0 Å². The minimum atomic E-state index is 0. The summed E-state index contributed by atoms with van der Waals surface area (Å²) in [5.41, 5.74) is 0. The van der Waals surface area contributed by atoms with Gasteiger partial charge in [0.2, 0.25) is 0 Å². The van der Waals surface area contributed by atoms with Crippen molar-refractivity contribution in [2.24, 2.45) is 0 Å². The maximum atomic E-state index is 0. The van der Waals surface area contributed by atoms with Crippen LogP contribution in [0.4, 0.5) is 0 Å². The Labute approximate surface area is 89.9 Å². The molecule has 0 aliphatic heterocycles. The summed E-state index contributed by atoms with van der Waals surface area (Å²) in [5.74, 6) is 0. The molecule has 4 heteroatoms. The predicted molar refractivity (Wildman–Crippen MR) is 22.7 cm³/mol. The molecule has 20 valence electrons. The fraction of sp³-hybridized carbons (Fsp3) is 0. The molecule has 0 saturated heterocycles. The Kier molecular flexibility index (Phi) is 121. The Morgan fingerprint density at radius 3 is 0.750 bits per heavy atom. The van der Waals surface area contributed by atoms with Gasteiger partial charge < -0.3 is 0 Å². The van der Waals surface area contributed by atoms with E-state index in [9.17, 15) is 0 Å². The van der Waals surface area contributed by atoms with Gasteiger partial charge >= 0.3 is 0 Å². The topological polar surface area (TPSA) is 0 Å². The van der Waals surface area contributed by atoms with Gasteiger partial charge in [0.1, 0.15) is 0 Å². The molecule has 4 heavy (non-hydrogen) atoms. The van der Waals surface area contributed by atoms with Gasteiger partial charge in [0.25, 0.3) is 0 Å². The molecule has 0 atom stereocenters. The summed E-state index contributed by atoms with van der Waals surface area (Å²) in [4.78, 5) is 0. The van der Waals surface area contributed by atoms with Gasteiger partial charge in [-0.05, 0) is 0 Å². The molecule has 0 bridgehead atoms. The molecule has 0 saturated carbocycles. The Morgan fingerprint density at radius 2 is 0.750 bits per heavy atom. The van der Waals surface area contributed by atoms with E-state index in [0.717, 1.165) is 0 Å². The van der Waals surface area contributed by atoms with E-state index in [1.807, 2.05) is 0 Å². The van der Waals surface area contributed by atoms with Gasteiger partial charge in [0.05, 0.1) is 0 Å². The molecule has 0 aliphatic carbocycles. The third kappa shape index (κ3) is 8.86. The van der Waals surface area contributed by atoms with Crippen LogP contribution >= 0.6 is 36.4 Å². The van der Waals surface area contributed by atoms with Gasteiger partial charge in [-0.25, -0.2) is 0 Å². The Hall–Kier alpha value is 2.89. The van der Waals surface area contributed by atoms with Gasteiger partial charge in [-0.3, -0.25) is 0 Å². The molecule has 0 N–H and O–H groups in total. The Bertz CT molecular complexity index is 6.00. The zero-order valence-corrected chi connectivity index (χ0v) is 16.4. The van der Waals surface area contributed by atoms with E-state index in [1.54, 1.807) is 0 Å². The summed E-state index contributed by atoms with van der Waals surface area (Å²) in [6, 6.07) is 0. The van der Waals surface area contributed by atoms with Crippen LogP contribution in [0.5, 0.6) is 0 Å². The molecular weight excluding hydrogens is 564 g/mol. The first-order valence-electron chi connectivity index (χ1n) is 0. The number of rotatable bonds is 0. The van der Waals surface area contributed by atoms with Crippen LogP contribution in [0.3, 0.4) is 0 Å². The molecule has 0 unspecified atom stereocenters. The molecule has 0 heterocycles. The van der Waals surface area contributed by atoms with Crippen molar-refractivity contribution >= 4 is 36.4 Å². The minimum Gasteiger partial charge on any atom is -0.147 e. The number of hydrogen-bond acceptors (Lipinski definition) is 0. The monoisotopic (exact) mass is 568 g/mol. The molecule has 0 amide bonds. The molecule has 0 spiro atoms. The van der Waals surface area contributed by atoms with E-state index in [0.29, 0.717) is 0 Å². The van der Waals surface area contributed by atoms with Crippen LogP contribution in [-0.2, 0) is 55.3 Å². The fourth-order valence-corrected chi connectivity index (χ4v) is 0. The SMILES string of the molecule is Cl.I.[Hg].[Hg]. The molecule has 0 fully saturated rings. The standard InChI is InChI=1S/ClH.2Hg.HI/h1H;;;1H. The average Bonchev–Trinajstić information content (AvgIpc) is 0.